The van der Waals surface area contributed by atoms with Crippen molar-refractivity contribution in [3.05, 3.63) is 59.0 Å². The van der Waals surface area contributed by atoms with Gasteiger partial charge in [-0.1, -0.05) is 18.2 Å². The number of hydrogen-bond donors (Lipinski definition) is 1. The Labute approximate surface area is 122 Å². The summed E-state index contributed by atoms with van der Waals surface area (Å²) in [7, 11) is 0. The van der Waals surface area contributed by atoms with Gasteiger partial charge in [-0.3, -0.25) is 0 Å². The molecule has 0 aliphatic rings. The Hall–Kier alpha value is -1.54. The first-order valence-corrected chi connectivity index (χ1v) is 7.42. The predicted molar refractivity (Wildman–Crippen MR) is 84.0 cm³/mol. The molecule has 2 heteroatoms. The summed E-state index contributed by atoms with van der Waals surface area (Å²) >= 11 is 0. The maximum atomic E-state index is 5.37. The molecule has 0 saturated carbocycles. The summed E-state index contributed by atoms with van der Waals surface area (Å²) in [5.41, 5.74) is 4.07. The fourth-order valence-corrected chi connectivity index (χ4v) is 2.45. The van der Waals surface area contributed by atoms with Gasteiger partial charge in [-0.2, -0.15) is 0 Å². The van der Waals surface area contributed by atoms with Crippen LogP contribution in [0.15, 0.2) is 41.0 Å². The van der Waals surface area contributed by atoms with E-state index in [9.17, 15) is 0 Å². The van der Waals surface area contributed by atoms with E-state index in [2.05, 4.69) is 51.2 Å². The maximum Gasteiger partial charge on any atom is 0.103 e. The zero-order chi connectivity index (χ0) is 14.5. The number of hydrogen-bond acceptors (Lipinski definition) is 2. The van der Waals surface area contributed by atoms with Crippen LogP contribution in [0, 0.1) is 13.8 Å². The minimum Gasteiger partial charge on any atom is -0.469 e. The van der Waals surface area contributed by atoms with E-state index >= 15 is 0 Å². The molecule has 20 heavy (non-hydrogen) atoms. The second-order valence-corrected chi connectivity index (χ2v) is 5.75. The van der Waals surface area contributed by atoms with Crippen molar-refractivity contribution >= 4 is 0 Å². The zero-order valence-electron chi connectivity index (χ0n) is 12.9. The molecule has 0 radical (unpaired) electrons. The molecule has 1 heterocycles. The van der Waals surface area contributed by atoms with Gasteiger partial charge in [0.25, 0.3) is 0 Å². The first-order chi connectivity index (χ1) is 9.56. The molecule has 2 aromatic rings. The highest BCUT2D eigenvalue weighted by molar-refractivity contribution is 5.31. The monoisotopic (exact) mass is 271 g/mol. The largest absolute Gasteiger partial charge is 0.469 e. The van der Waals surface area contributed by atoms with Crippen molar-refractivity contribution < 1.29 is 4.42 Å². The quantitative estimate of drug-likeness (QED) is 0.832. The summed E-state index contributed by atoms with van der Waals surface area (Å²) in [6.07, 6.45) is 3.81. The highest BCUT2D eigenvalue weighted by Gasteiger charge is 2.10. The molecule has 1 N–H and O–H groups in total. The molecule has 108 valence electrons. The van der Waals surface area contributed by atoms with Crippen molar-refractivity contribution in [2.24, 2.45) is 0 Å². The SMILES string of the molecule is Cc1ccc(C(C)NC(C)CCc2ccco2)cc1C. The van der Waals surface area contributed by atoms with Crippen molar-refractivity contribution in [1.82, 2.24) is 5.32 Å². The normalized spacial score (nSPS) is 14.2. The minimum absolute atomic E-state index is 0.376. The third kappa shape index (κ3) is 3.97. The van der Waals surface area contributed by atoms with Crippen molar-refractivity contribution in [2.45, 2.75) is 52.6 Å². The highest BCUT2D eigenvalue weighted by Crippen LogP contribution is 2.18. The topological polar surface area (TPSA) is 25.2 Å². The average molecular weight is 271 g/mol. The predicted octanol–water partition coefficient (Wildman–Crippen LogP) is 4.57. The van der Waals surface area contributed by atoms with Crippen molar-refractivity contribution in [1.29, 1.82) is 0 Å². The van der Waals surface area contributed by atoms with Gasteiger partial charge in [0.05, 0.1) is 6.26 Å². The smallest absolute Gasteiger partial charge is 0.103 e. The van der Waals surface area contributed by atoms with Gasteiger partial charge in [0, 0.05) is 18.5 Å². The second kappa shape index (κ2) is 6.76. The van der Waals surface area contributed by atoms with Crippen LogP contribution in [0.2, 0.25) is 0 Å². The third-order valence-electron chi connectivity index (χ3n) is 3.97. The Balaban J connectivity index is 1.86. The summed E-state index contributed by atoms with van der Waals surface area (Å²) in [4.78, 5) is 0. The first-order valence-electron chi connectivity index (χ1n) is 7.42. The van der Waals surface area contributed by atoms with Crippen LogP contribution in [-0.4, -0.2) is 6.04 Å². The third-order valence-corrected chi connectivity index (χ3v) is 3.97. The lowest BCUT2D eigenvalue weighted by molar-refractivity contribution is 0.430. The van der Waals surface area contributed by atoms with Gasteiger partial charge in [0.1, 0.15) is 5.76 Å². The number of furan rings is 1. The molecular formula is C18H25NO. The maximum absolute atomic E-state index is 5.37. The van der Waals surface area contributed by atoms with E-state index in [1.165, 1.54) is 16.7 Å². The molecule has 0 fully saturated rings. The summed E-state index contributed by atoms with van der Waals surface area (Å²) in [6.45, 7) is 8.79. The molecule has 0 saturated heterocycles. The molecule has 2 unspecified atom stereocenters. The summed E-state index contributed by atoms with van der Waals surface area (Å²) in [6, 6.07) is 11.5. The Kier molecular flexibility index (Phi) is 5.02. The molecule has 0 aliphatic carbocycles. The molecular weight excluding hydrogens is 246 g/mol. The van der Waals surface area contributed by atoms with Gasteiger partial charge < -0.3 is 9.73 Å². The van der Waals surface area contributed by atoms with Crippen LogP contribution in [0.1, 0.15) is 48.8 Å². The lowest BCUT2D eigenvalue weighted by Crippen LogP contribution is -2.29. The van der Waals surface area contributed by atoms with Crippen LogP contribution in [0.5, 0.6) is 0 Å². The summed E-state index contributed by atoms with van der Waals surface area (Å²) in [5.74, 6) is 1.07. The van der Waals surface area contributed by atoms with E-state index < -0.39 is 0 Å². The van der Waals surface area contributed by atoms with Crippen molar-refractivity contribution in [2.75, 3.05) is 0 Å². The van der Waals surface area contributed by atoms with Crippen molar-refractivity contribution in [3.8, 4) is 0 Å². The molecule has 1 aromatic carbocycles. The minimum atomic E-state index is 0.376. The summed E-state index contributed by atoms with van der Waals surface area (Å²) < 4.78 is 5.37. The fraction of sp³-hybridized carbons (Fsp3) is 0.444. The number of rotatable bonds is 6. The molecule has 2 rings (SSSR count). The van der Waals surface area contributed by atoms with Gasteiger partial charge in [0.2, 0.25) is 0 Å². The van der Waals surface area contributed by atoms with E-state index in [-0.39, 0.29) is 0 Å². The van der Waals surface area contributed by atoms with Crippen LogP contribution < -0.4 is 5.32 Å². The second-order valence-electron chi connectivity index (χ2n) is 5.75. The van der Waals surface area contributed by atoms with E-state index in [0.717, 1.165) is 18.6 Å². The van der Waals surface area contributed by atoms with E-state index in [0.29, 0.717) is 12.1 Å². The molecule has 2 atom stereocenters. The molecule has 0 amide bonds. The standard InChI is InChI=1S/C18H25NO/c1-13-7-9-17(12-14(13)2)16(4)19-15(3)8-10-18-6-5-11-20-18/h5-7,9,11-12,15-16,19H,8,10H2,1-4H3. The lowest BCUT2D eigenvalue weighted by atomic mass is 10.0. The van der Waals surface area contributed by atoms with Crippen LogP contribution >= 0.6 is 0 Å². The van der Waals surface area contributed by atoms with Gasteiger partial charge in [-0.05, 0) is 62.9 Å². The lowest BCUT2D eigenvalue weighted by Gasteiger charge is -2.21. The fourth-order valence-electron chi connectivity index (χ4n) is 2.45. The van der Waals surface area contributed by atoms with Gasteiger partial charge in [0.15, 0.2) is 0 Å². The summed E-state index contributed by atoms with van der Waals surface area (Å²) in [5, 5.41) is 3.66. The van der Waals surface area contributed by atoms with Gasteiger partial charge in [-0.25, -0.2) is 0 Å². The van der Waals surface area contributed by atoms with Crippen LogP contribution in [0.4, 0.5) is 0 Å². The Bertz CT molecular complexity index is 530. The average Bonchev–Trinajstić information content (AvgIpc) is 2.92. The van der Waals surface area contributed by atoms with E-state index in [1.807, 2.05) is 12.1 Å². The number of benzene rings is 1. The number of aryl methyl sites for hydroxylation is 3. The highest BCUT2D eigenvalue weighted by atomic mass is 16.3. The number of nitrogens with one attached hydrogen (secondary N) is 1. The molecule has 0 aliphatic heterocycles. The molecule has 1 aromatic heterocycles. The first kappa shape index (κ1) is 14.9. The Morgan fingerprint density at radius 1 is 1.10 bits per heavy atom. The zero-order valence-corrected chi connectivity index (χ0v) is 12.9. The van der Waals surface area contributed by atoms with Gasteiger partial charge in [-0.15, -0.1) is 0 Å². The Morgan fingerprint density at radius 2 is 1.90 bits per heavy atom. The van der Waals surface area contributed by atoms with Gasteiger partial charge >= 0.3 is 0 Å². The van der Waals surface area contributed by atoms with Crippen molar-refractivity contribution in [3.63, 3.8) is 0 Å². The molecule has 2 nitrogen and oxygen atoms in total. The van der Waals surface area contributed by atoms with E-state index in [4.69, 9.17) is 4.42 Å². The van der Waals surface area contributed by atoms with Crippen LogP contribution in [0.3, 0.4) is 0 Å². The van der Waals surface area contributed by atoms with E-state index in [1.54, 1.807) is 6.26 Å². The van der Waals surface area contributed by atoms with Crippen LogP contribution in [-0.2, 0) is 6.42 Å². The van der Waals surface area contributed by atoms with Crippen LogP contribution in [0.25, 0.3) is 0 Å². The molecule has 0 spiro atoms. The molecule has 0 bridgehead atoms. The Morgan fingerprint density at radius 3 is 2.55 bits per heavy atom.